The number of nitrogens with two attached hydrogens (primary N) is 1. The Morgan fingerprint density at radius 3 is 2.42 bits per heavy atom. The Labute approximate surface area is 142 Å². The Balaban J connectivity index is 2.02. The molecule has 0 bridgehead atoms. The Hall–Kier alpha value is -1.93. The number of hydrogen-bond donors (Lipinski definition) is 2. The van der Waals surface area contributed by atoms with Gasteiger partial charge in [-0.15, -0.1) is 0 Å². The molecular formula is C16H21NO6S. The van der Waals surface area contributed by atoms with Crippen LogP contribution in [-0.2, 0) is 25.1 Å². The van der Waals surface area contributed by atoms with Gasteiger partial charge in [0.05, 0.1) is 17.4 Å². The lowest BCUT2D eigenvalue weighted by Crippen LogP contribution is -2.51. The zero-order chi connectivity index (χ0) is 17.6. The molecule has 132 valence electrons. The lowest BCUT2D eigenvalue weighted by atomic mass is 9.98. The summed E-state index contributed by atoms with van der Waals surface area (Å²) in [6.45, 7) is 1.01. The van der Waals surface area contributed by atoms with Crippen LogP contribution in [0.5, 0.6) is 5.75 Å². The summed E-state index contributed by atoms with van der Waals surface area (Å²) in [6.07, 6.45) is 1.13. The van der Waals surface area contributed by atoms with Crippen molar-refractivity contribution in [3.8, 4) is 5.75 Å². The van der Waals surface area contributed by atoms with Crippen LogP contribution >= 0.6 is 0 Å². The van der Waals surface area contributed by atoms with Crippen molar-refractivity contribution in [1.82, 2.24) is 0 Å². The minimum Gasteiger partial charge on any atom is -0.494 e. The van der Waals surface area contributed by atoms with E-state index in [0.29, 0.717) is 43.1 Å². The number of aliphatic carboxylic acids is 1. The second-order valence-corrected chi connectivity index (χ2v) is 7.35. The number of carboxylic acids is 1. The number of hydrogen-bond acceptors (Lipinski definition) is 5. The second kappa shape index (κ2) is 8.25. The highest BCUT2D eigenvalue weighted by Gasteiger charge is 2.45. The number of benzene rings is 1. The number of rotatable bonds is 8. The normalized spacial score (nSPS) is 17.8. The lowest BCUT2D eigenvalue weighted by Gasteiger charge is -2.33. The van der Waals surface area contributed by atoms with Gasteiger partial charge in [0.15, 0.2) is 0 Å². The molecule has 3 N–H and O–H groups in total. The third kappa shape index (κ3) is 4.33. The van der Waals surface area contributed by atoms with Crippen LogP contribution in [0.25, 0.3) is 0 Å². The molecule has 1 heterocycles. The maximum absolute atomic E-state index is 12.9. The molecule has 8 heteroatoms. The SMILES string of the molecule is NC(=O)C1(S(=O)c2ccc(OCCCC(=O)O)cc2)CCOCC1. The van der Waals surface area contributed by atoms with E-state index in [1.165, 1.54) is 0 Å². The number of carbonyl (C=O) groups is 2. The summed E-state index contributed by atoms with van der Waals surface area (Å²) in [5.41, 5.74) is 5.52. The molecule has 1 saturated heterocycles. The molecule has 1 unspecified atom stereocenters. The average molecular weight is 355 g/mol. The fourth-order valence-corrected chi connectivity index (χ4v) is 4.08. The van der Waals surface area contributed by atoms with E-state index in [0.717, 1.165) is 0 Å². The van der Waals surface area contributed by atoms with E-state index in [-0.39, 0.29) is 13.0 Å². The highest BCUT2D eigenvalue weighted by Crippen LogP contribution is 2.32. The van der Waals surface area contributed by atoms with E-state index >= 15 is 0 Å². The van der Waals surface area contributed by atoms with Gasteiger partial charge < -0.3 is 20.3 Å². The number of carboxylic acid groups (broad SMARTS) is 1. The van der Waals surface area contributed by atoms with Gasteiger partial charge in [0, 0.05) is 24.5 Å². The molecule has 1 aliphatic heterocycles. The van der Waals surface area contributed by atoms with Gasteiger partial charge in [0.25, 0.3) is 0 Å². The summed E-state index contributed by atoms with van der Waals surface area (Å²) < 4.78 is 22.4. The molecule has 1 aromatic rings. The molecule has 0 radical (unpaired) electrons. The quantitative estimate of drug-likeness (QED) is 0.674. The van der Waals surface area contributed by atoms with Gasteiger partial charge in [0.1, 0.15) is 10.5 Å². The smallest absolute Gasteiger partial charge is 0.303 e. The van der Waals surface area contributed by atoms with Crippen molar-refractivity contribution in [2.75, 3.05) is 19.8 Å². The van der Waals surface area contributed by atoms with Crippen LogP contribution in [-0.4, -0.2) is 45.8 Å². The molecule has 1 aromatic carbocycles. The van der Waals surface area contributed by atoms with E-state index in [9.17, 15) is 13.8 Å². The maximum Gasteiger partial charge on any atom is 0.303 e. The molecular weight excluding hydrogens is 334 g/mol. The molecule has 7 nitrogen and oxygen atoms in total. The number of ether oxygens (including phenoxy) is 2. The molecule has 2 rings (SSSR count). The van der Waals surface area contributed by atoms with Crippen LogP contribution in [0.3, 0.4) is 0 Å². The predicted molar refractivity (Wildman–Crippen MR) is 87.2 cm³/mol. The van der Waals surface area contributed by atoms with Crippen LogP contribution in [0, 0.1) is 0 Å². The van der Waals surface area contributed by atoms with E-state index in [4.69, 9.17) is 20.3 Å². The van der Waals surface area contributed by atoms with Crippen LogP contribution in [0.2, 0.25) is 0 Å². The summed E-state index contributed by atoms with van der Waals surface area (Å²) in [7, 11) is -1.57. The second-order valence-electron chi connectivity index (χ2n) is 5.56. The Morgan fingerprint density at radius 2 is 1.88 bits per heavy atom. The summed E-state index contributed by atoms with van der Waals surface area (Å²) in [4.78, 5) is 22.8. The molecule has 0 aromatic heterocycles. The molecule has 0 saturated carbocycles. The molecule has 0 spiro atoms. The minimum absolute atomic E-state index is 0.0469. The third-order valence-corrected chi connectivity index (χ3v) is 5.97. The zero-order valence-electron chi connectivity index (χ0n) is 13.2. The van der Waals surface area contributed by atoms with Gasteiger partial charge in [-0.3, -0.25) is 13.8 Å². The van der Waals surface area contributed by atoms with Crippen molar-refractivity contribution in [1.29, 1.82) is 0 Å². The van der Waals surface area contributed by atoms with E-state index in [1.54, 1.807) is 24.3 Å². The fraction of sp³-hybridized carbons (Fsp3) is 0.500. The van der Waals surface area contributed by atoms with Crippen molar-refractivity contribution in [3.63, 3.8) is 0 Å². The van der Waals surface area contributed by atoms with E-state index < -0.39 is 27.4 Å². The minimum atomic E-state index is -1.57. The number of primary amides is 1. The molecule has 1 aliphatic rings. The molecule has 0 aliphatic carbocycles. The first-order valence-electron chi connectivity index (χ1n) is 7.70. The van der Waals surface area contributed by atoms with Crippen molar-refractivity contribution in [2.24, 2.45) is 5.73 Å². The van der Waals surface area contributed by atoms with Crippen molar-refractivity contribution < 1.29 is 28.4 Å². The van der Waals surface area contributed by atoms with Crippen molar-refractivity contribution >= 4 is 22.7 Å². The van der Waals surface area contributed by atoms with Gasteiger partial charge in [0.2, 0.25) is 5.91 Å². The Morgan fingerprint density at radius 1 is 1.25 bits per heavy atom. The van der Waals surface area contributed by atoms with E-state index in [2.05, 4.69) is 0 Å². The van der Waals surface area contributed by atoms with Gasteiger partial charge in [-0.1, -0.05) is 0 Å². The number of amides is 1. The first-order valence-corrected chi connectivity index (χ1v) is 8.85. The van der Waals surface area contributed by atoms with Gasteiger partial charge in [-0.25, -0.2) is 0 Å². The van der Waals surface area contributed by atoms with Gasteiger partial charge in [-0.2, -0.15) is 0 Å². The summed E-state index contributed by atoms with van der Waals surface area (Å²) in [5.74, 6) is -0.878. The van der Waals surface area contributed by atoms with E-state index in [1.807, 2.05) is 0 Å². The fourth-order valence-electron chi connectivity index (χ4n) is 2.52. The van der Waals surface area contributed by atoms with Crippen LogP contribution in [0.15, 0.2) is 29.2 Å². The Bertz CT molecular complexity index is 609. The van der Waals surface area contributed by atoms with Gasteiger partial charge in [-0.05, 0) is 43.5 Å². The molecule has 1 fully saturated rings. The zero-order valence-corrected chi connectivity index (χ0v) is 14.0. The summed E-state index contributed by atoms with van der Waals surface area (Å²) >= 11 is 0. The van der Waals surface area contributed by atoms with Crippen molar-refractivity contribution in [3.05, 3.63) is 24.3 Å². The van der Waals surface area contributed by atoms with Crippen molar-refractivity contribution in [2.45, 2.75) is 35.3 Å². The average Bonchev–Trinajstić information content (AvgIpc) is 2.59. The van der Waals surface area contributed by atoms with Crippen LogP contribution in [0.4, 0.5) is 0 Å². The number of carbonyl (C=O) groups excluding carboxylic acids is 1. The maximum atomic E-state index is 12.9. The summed E-state index contributed by atoms with van der Waals surface area (Å²) in [5, 5.41) is 8.57. The largest absolute Gasteiger partial charge is 0.494 e. The first-order chi connectivity index (χ1) is 11.5. The topological polar surface area (TPSA) is 116 Å². The highest BCUT2D eigenvalue weighted by molar-refractivity contribution is 7.87. The standard InChI is InChI=1S/C16H21NO6S/c17-15(20)16(7-10-22-11-8-16)24(21)13-5-3-12(4-6-13)23-9-1-2-14(18)19/h3-6H,1-2,7-11H2,(H2,17,20)(H,18,19). The predicted octanol–water partition coefficient (Wildman–Crippen LogP) is 1.07. The summed E-state index contributed by atoms with van der Waals surface area (Å²) in [6, 6.07) is 6.59. The third-order valence-electron chi connectivity index (χ3n) is 3.95. The first kappa shape index (κ1) is 18.4. The molecule has 1 amide bonds. The van der Waals surface area contributed by atoms with Crippen LogP contribution in [0.1, 0.15) is 25.7 Å². The lowest BCUT2D eigenvalue weighted by molar-refractivity contribution is -0.137. The molecule has 1 atom stereocenters. The molecule has 24 heavy (non-hydrogen) atoms. The monoisotopic (exact) mass is 355 g/mol. The van der Waals surface area contributed by atoms with Gasteiger partial charge >= 0.3 is 5.97 Å². The van der Waals surface area contributed by atoms with Crippen LogP contribution < -0.4 is 10.5 Å². The highest BCUT2D eigenvalue weighted by atomic mass is 32.2. The Kier molecular flexibility index (Phi) is 6.33.